The van der Waals surface area contributed by atoms with Gasteiger partial charge in [-0.1, -0.05) is 36.8 Å². The van der Waals surface area contributed by atoms with Crippen LogP contribution in [0.4, 0.5) is 0 Å². The highest BCUT2D eigenvalue weighted by molar-refractivity contribution is 7.91. The molecule has 0 N–H and O–H groups in total. The number of nitrogens with zero attached hydrogens (tertiary/aromatic N) is 1. The molecule has 0 heterocycles. The molecule has 1 aliphatic rings. The van der Waals surface area contributed by atoms with E-state index >= 15 is 0 Å². The number of hydrogen-bond donors (Lipinski definition) is 0. The monoisotopic (exact) mass is 337 g/mol. The van der Waals surface area contributed by atoms with Crippen molar-refractivity contribution in [3.63, 3.8) is 0 Å². The average molecular weight is 337 g/mol. The molecule has 5 heteroatoms. The maximum absolute atomic E-state index is 12.8. The summed E-state index contributed by atoms with van der Waals surface area (Å²) in [4.78, 5) is 14.5. The molecule has 1 aliphatic carbocycles. The second-order valence-electron chi connectivity index (χ2n) is 6.54. The van der Waals surface area contributed by atoms with Crippen LogP contribution in [-0.4, -0.2) is 43.3 Å². The van der Waals surface area contributed by atoms with Crippen molar-refractivity contribution >= 4 is 15.7 Å². The van der Waals surface area contributed by atoms with Gasteiger partial charge in [-0.15, -0.1) is 0 Å². The van der Waals surface area contributed by atoms with Gasteiger partial charge in [0.1, 0.15) is 0 Å². The van der Waals surface area contributed by atoms with Crippen LogP contribution in [0, 0.1) is 12.8 Å². The predicted octanol–water partition coefficient (Wildman–Crippen LogP) is 2.77. The topological polar surface area (TPSA) is 54.5 Å². The first-order chi connectivity index (χ1) is 10.8. The largest absolute Gasteiger partial charge is 0.339 e. The summed E-state index contributed by atoms with van der Waals surface area (Å²) in [6, 6.07) is 8.03. The van der Waals surface area contributed by atoms with Gasteiger partial charge in [-0.05, 0) is 38.7 Å². The minimum Gasteiger partial charge on any atom is -0.339 e. The zero-order chi connectivity index (χ0) is 17.2. The molecule has 4 nitrogen and oxygen atoms in total. The third kappa shape index (κ3) is 4.34. The molecule has 0 spiro atoms. The van der Waals surface area contributed by atoms with E-state index in [2.05, 4.69) is 25.1 Å². The summed E-state index contributed by atoms with van der Waals surface area (Å²) >= 11 is 0. The molecule has 3 atom stereocenters. The summed E-state index contributed by atoms with van der Waals surface area (Å²) in [6.07, 6.45) is 0.867. The van der Waals surface area contributed by atoms with Gasteiger partial charge < -0.3 is 4.90 Å². The lowest BCUT2D eigenvalue weighted by Crippen LogP contribution is -2.43. The molecule has 0 bridgehead atoms. The molecular weight excluding hydrogens is 310 g/mol. The minimum absolute atomic E-state index is 0.00327. The zero-order valence-corrected chi connectivity index (χ0v) is 15.3. The van der Waals surface area contributed by atoms with Gasteiger partial charge in [-0.3, -0.25) is 4.79 Å². The molecule has 3 unspecified atom stereocenters. The van der Waals surface area contributed by atoms with Crippen molar-refractivity contribution < 1.29 is 13.2 Å². The van der Waals surface area contributed by atoms with Gasteiger partial charge in [0, 0.05) is 24.3 Å². The minimum atomic E-state index is -3.08. The lowest BCUT2D eigenvalue weighted by atomic mass is 10.1. The van der Waals surface area contributed by atoms with Crippen LogP contribution < -0.4 is 0 Å². The third-order valence-electron chi connectivity index (χ3n) is 4.67. The summed E-state index contributed by atoms with van der Waals surface area (Å²) in [6.45, 7) is 8.00. The summed E-state index contributed by atoms with van der Waals surface area (Å²) in [5.41, 5.74) is 2.42. The van der Waals surface area contributed by atoms with Crippen LogP contribution in [0.5, 0.6) is 0 Å². The van der Waals surface area contributed by atoms with E-state index < -0.39 is 9.84 Å². The Morgan fingerprint density at radius 1 is 1.35 bits per heavy atom. The van der Waals surface area contributed by atoms with Crippen molar-refractivity contribution in [1.29, 1.82) is 0 Å². The predicted molar refractivity (Wildman–Crippen MR) is 93.2 cm³/mol. The van der Waals surface area contributed by atoms with E-state index in [1.807, 2.05) is 19.9 Å². The van der Waals surface area contributed by atoms with Gasteiger partial charge in [0.2, 0.25) is 5.91 Å². The summed E-state index contributed by atoms with van der Waals surface area (Å²) < 4.78 is 23.6. The van der Waals surface area contributed by atoms with Crippen LogP contribution in [-0.2, 0) is 14.6 Å². The van der Waals surface area contributed by atoms with E-state index in [1.54, 1.807) is 11.8 Å². The molecule has 0 radical (unpaired) electrons. The maximum Gasteiger partial charge on any atom is 0.226 e. The molecule has 128 valence electrons. The van der Waals surface area contributed by atoms with Gasteiger partial charge in [0.05, 0.1) is 5.75 Å². The number of benzene rings is 1. The molecule has 0 aliphatic heterocycles. The van der Waals surface area contributed by atoms with Crippen LogP contribution in [0.1, 0.15) is 44.2 Å². The van der Waals surface area contributed by atoms with E-state index in [0.717, 1.165) is 6.42 Å². The quantitative estimate of drug-likeness (QED) is 0.769. The lowest BCUT2D eigenvalue weighted by molar-refractivity contribution is -0.134. The first-order valence-corrected chi connectivity index (χ1v) is 10.2. The Hall–Kier alpha value is -1.36. The summed E-state index contributed by atoms with van der Waals surface area (Å²) in [5.74, 6) is 0.552. The van der Waals surface area contributed by atoms with Crippen LogP contribution in [0.3, 0.4) is 0 Å². The number of aryl methyl sites for hydroxylation is 1. The van der Waals surface area contributed by atoms with E-state index in [9.17, 15) is 13.2 Å². The van der Waals surface area contributed by atoms with Crippen molar-refractivity contribution in [3.8, 4) is 0 Å². The molecule has 1 amide bonds. The molecule has 0 saturated heterocycles. The standard InChI is InChI=1S/C18H27NO3S/c1-5-19(14(4)12-23(21,22)6-2)18(20)17-11-16(17)15-9-7-8-13(3)10-15/h7-10,14,16-17H,5-6,11-12H2,1-4H3. The highest BCUT2D eigenvalue weighted by Gasteiger charge is 2.46. The molecule has 23 heavy (non-hydrogen) atoms. The van der Waals surface area contributed by atoms with E-state index in [-0.39, 0.29) is 35.3 Å². The van der Waals surface area contributed by atoms with Crippen LogP contribution >= 0.6 is 0 Å². The smallest absolute Gasteiger partial charge is 0.226 e. The van der Waals surface area contributed by atoms with E-state index in [1.165, 1.54) is 11.1 Å². The second kappa shape index (κ2) is 7.04. The number of carbonyl (C=O) groups excluding carboxylic acids is 1. The molecule has 2 rings (SSSR count). The summed E-state index contributed by atoms with van der Waals surface area (Å²) in [7, 11) is -3.08. The fourth-order valence-corrected chi connectivity index (χ4v) is 4.36. The highest BCUT2D eigenvalue weighted by Crippen LogP contribution is 2.48. The summed E-state index contributed by atoms with van der Waals surface area (Å²) in [5, 5.41) is 0. The van der Waals surface area contributed by atoms with Gasteiger partial charge in [0.25, 0.3) is 0 Å². The number of sulfone groups is 1. The average Bonchev–Trinajstić information content (AvgIpc) is 3.28. The molecule has 1 aromatic carbocycles. The van der Waals surface area contributed by atoms with Crippen LogP contribution in [0.25, 0.3) is 0 Å². The Morgan fingerprint density at radius 2 is 2.04 bits per heavy atom. The molecular formula is C18H27NO3S. The Morgan fingerprint density at radius 3 is 2.61 bits per heavy atom. The van der Waals surface area contributed by atoms with Crippen molar-refractivity contribution in [2.75, 3.05) is 18.1 Å². The Bertz CT molecular complexity index is 669. The lowest BCUT2D eigenvalue weighted by Gasteiger charge is -2.28. The van der Waals surface area contributed by atoms with E-state index in [0.29, 0.717) is 6.54 Å². The fraction of sp³-hybridized carbons (Fsp3) is 0.611. The Labute approximate surface area is 139 Å². The Balaban J connectivity index is 2.04. The number of carbonyl (C=O) groups is 1. The SMILES string of the molecule is CCN(C(=O)C1CC1c1cccc(C)c1)C(C)CS(=O)(=O)CC. The van der Waals surface area contributed by atoms with Gasteiger partial charge in [-0.25, -0.2) is 8.42 Å². The second-order valence-corrected chi connectivity index (χ2v) is 8.93. The van der Waals surface area contributed by atoms with E-state index in [4.69, 9.17) is 0 Å². The van der Waals surface area contributed by atoms with Crippen LogP contribution in [0.15, 0.2) is 24.3 Å². The zero-order valence-electron chi connectivity index (χ0n) is 14.5. The number of amides is 1. The fourth-order valence-electron chi connectivity index (χ4n) is 3.21. The van der Waals surface area contributed by atoms with Crippen molar-refractivity contribution in [1.82, 2.24) is 4.90 Å². The van der Waals surface area contributed by atoms with Crippen molar-refractivity contribution in [3.05, 3.63) is 35.4 Å². The molecule has 1 aromatic rings. The first-order valence-electron chi connectivity index (χ1n) is 8.36. The molecule has 1 fully saturated rings. The van der Waals surface area contributed by atoms with Crippen LogP contribution in [0.2, 0.25) is 0 Å². The van der Waals surface area contributed by atoms with Gasteiger partial charge >= 0.3 is 0 Å². The van der Waals surface area contributed by atoms with Crippen molar-refractivity contribution in [2.45, 2.75) is 46.1 Å². The normalized spacial score (nSPS) is 21.7. The Kier molecular flexibility index (Phi) is 5.50. The van der Waals surface area contributed by atoms with Gasteiger partial charge in [-0.2, -0.15) is 0 Å². The number of hydrogen-bond acceptors (Lipinski definition) is 3. The first kappa shape index (κ1) is 18.0. The molecule has 0 aromatic heterocycles. The number of rotatable bonds is 7. The third-order valence-corrected chi connectivity index (χ3v) is 6.54. The maximum atomic E-state index is 12.8. The van der Waals surface area contributed by atoms with Gasteiger partial charge in [0.15, 0.2) is 9.84 Å². The molecule has 1 saturated carbocycles. The van der Waals surface area contributed by atoms with Crippen molar-refractivity contribution in [2.24, 2.45) is 5.92 Å². The highest BCUT2D eigenvalue weighted by atomic mass is 32.2.